The average Bonchev–Trinajstić information content (AvgIpc) is 2.78. The first-order valence-electron chi connectivity index (χ1n) is 12.4. The van der Waals surface area contributed by atoms with Crippen molar-refractivity contribution in [1.82, 2.24) is 20.1 Å². The van der Waals surface area contributed by atoms with Gasteiger partial charge in [0.2, 0.25) is 11.8 Å². The van der Waals surface area contributed by atoms with Crippen LogP contribution in [0.2, 0.25) is 0 Å². The highest BCUT2D eigenvalue weighted by molar-refractivity contribution is 6.00. The van der Waals surface area contributed by atoms with E-state index in [1.165, 1.54) is 0 Å². The number of ether oxygens (including phenoxy) is 1. The van der Waals surface area contributed by atoms with Crippen molar-refractivity contribution >= 4 is 23.6 Å². The molecule has 1 aromatic rings. The summed E-state index contributed by atoms with van der Waals surface area (Å²) in [6, 6.07) is 3.55. The highest BCUT2D eigenvalue weighted by atomic mass is 19.1. The minimum atomic E-state index is -1.02. The Labute approximate surface area is 206 Å². The number of imide groups is 1. The maximum Gasteiger partial charge on any atom is 0.410 e. The molecule has 35 heavy (non-hydrogen) atoms. The monoisotopic (exact) mass is 489 g/mol. The van der Waals surface area contributed by atoms with Crippen LogP contribution in [0.3, 0.4) is 0 Å². The molecule has 4 rings (SSSR count). The number of carbonyl (C=O) groups is 3. The van der Waals surface area contributed by atoms with Gasteiger partial charge in [0.15, 0.2) is 0 Å². The second kappa shape index (κ2) is 10.1. The predicted octanol–water partition coefficient (Wildman–Crippen LogP) is 2.38. The lowest BCUT2D eigenvalue weighted by Crippen LogP contribution is -2.58. The van der Waals surface area contributed by atoms with Crippen molar-refractivity contribution in [2.75, 3.05) is 44.2 Å². The molecule has 0 bridgehead atoms. The van der Waals surface area contributed by atoms with Crippen LogP contribution >= 0.6 is 0 Å². The van der Waals surface area contributed by atoms with Gasteiger partial charge >= 0.3 is 6.09 Å². The van der Waals surface area contributed by atoms with Crippen molar-refractivity contribution in [3.05, 3.63) is 23.5 Å². The second-order valence-corrected chi connectivity index (χ2v) is 10.7. The van der Waals surface area contributed by atoms with Gasteiger partial charge in [-0.2, -0.15) is 0 Å². The summed E-state index contributed by atoms with van der Waals surface area (Å²) in [7, 11) is 0. The number of amides is 3. The van der Waals surface area contributed by atoms with E-state index in [2.05, 4.69) is 15.2 Å². The number of halogens is 1. The number of pyridine rings is 1. The summed E-state index contributed by atoms with van der Waals surface area (Å²) in [6.45, 7) is 10.7. The molecule has 3 aliphatic rings. The molecule has 3 aliphatic heterocycles. The molecule has 3 amide bonds. The predicted molar refractivity (Wildman–Crippen MR) is 129 cm³/mol. The zero-order valence-electron chi connectivity index (χ0n) is 21.1. The zero-order valence-corrected chi connectivity index (χ0v) is 21.1. The van der Waals surface area contributed by atoms with Gasteiger partial charge in [0.25, 0.3) is 0 Å². The van der Waals surface area contributed by atoms with Crippen molar-refractivity contribution in [2.24, 2.45) is 0 Å². The number of rotatable bonds is 3. The summed E-state index contributed by atoms with van der Waals surface area (Å²) in [4.78, 5) is 46.4. The normalized spacial score (nSPS) is 26.5. The van der Waals surface area contributed by atoms with Crippen LogP contribution in [0, 0.1) is 6.92 Å². The number of nitrogens with zero attached hydrogens (tertiary/aromatic N) is 4. The number of piperazine rings is 1. The molecule has 0 aromatic carbocycles. The van der Waals surface area contributed by atoms with Crippen LogP contribution < -0.4 is 10.2 Å². The van der Waals surface area contributed by atoms with Gasteiger partial charge in [-0.25, -0.2) is 9.18 Å². The number of alkyl halides is 1. The lowest BCUT2D eigenvalue weighted by molar-refractivity contribution is -0.134. The maximum atomic E-state index is 15.3. The van der Waals surface area contributed by atoms with Crippen molar-refractivity contribution < 1.29 is 23.5 Å². The molecule has 3 atom stereocenters. The molecule has 9 nitrogen and oxygen atoms in total. The van der Waals surface area contributed by atoms with E-state index in [4.69, 9.17) is 4.74 Å². The summed E-state index contributed by atoms with van der Waals surface area (Å²) < 4.78 is 20.8. The Morgan fingerprint density at radius 3 is 2.43 bits per heavy atom. The fourth-order valence-corrected chi connectivity index (χ4v) is 5.16. The van der Waals surface area contributed by atoms with Crippen LogP contribution in [0.15, 0.2) is 12.1 Å². The molecule has 0 aliphatic carbocycles. The largest absolute Gasteiger partial charge is 0.444 e. The van der Waals surface area contributed by atoms with Gasteiger partial charge in [-0.15, -0.1) is 0 Å². The number of aryl methyl sites for hydroxylation is 1. The number of hydrogen-bond acceptors (Lipinski definition) is 7. The highest BCUT2D eigenvalue weighted by Gasteiger charge is 2.37. The Bertz CT molecular complexity index is 973. The van der Waals surface area contributed by atoms with E-state index < -0.39 is 17.7 Å². The number of piperidine rings is 2. The fourth-order valence-electron chi connectivity index (χ4n) is 5.16. The summed E-state index contributed by atoms with van der Waals surface area (Å²) in [5, 5.41) is 2.37. The standard InChI is InChI=1S/C25H36FN5O4/c1-16-20(7-6-19(27-16)17-5-8-22(32)28-23(17)33)31-10-9-21(18(26)15-31)29-11-13-30(14-12-29)24(34)35-25(2,3)4/h6-7,17-18,21H,5,8-15H2,1-4H3,(H,28,32,33)/t17?,18-,21+/m1/s1. The Balaban J connectivity index is 1.33. The molecule has 3 saturated heterocycles. The van der Waals surface area contributed by atoms with Crippen molar-refractivity contribution in [3.63, 3.8) is 0 Å². The van der Waals surface area contributed by atoms with Crippen LogP contribution in [0.1, 0.15) is 57.3 Å². The van der Waals surface area contributed by atoms with E-state index in [1.54, 1.807) is 4.90 Å². The van der Waals surface area contributed by atoms with Crippen LogP contribution in [-0.4, -0.2) is 89.8 Å². The van der Waals surface area contributed by atoms with E-state index in [1.807, 2.05) is 44.7 Å². The first kappa shape index (κ1) is 25.3. The zero-order chi connectivity index (χ0) is 25.3. The highest BCUT2D eigenvalue weighted by Crippen LogP contribution is 2.30. The van der Waals surface area contributed by atoms with Crippen molar-refractivity contribution in [3.8, 4) is 0 Å². The van der Waals surface area contributed by atoms with E-state index in [-0.39, 0.29) is 30.5 Å². The summed E-state index contributed by atoms with van der Waals surface area (Å²) in [6.07, 6.45) is 0.109. The van der Waals surface area contributed by atoms with Gasteiger partial charge in [0.05, 0.1) is 29.5 Å². The Kier molecular flexibility index (Phi) is 7.30. The molecular weight excluding hydrogens is 453 g/mol. The van der Waals surface area contributed by atoms with Gasteiger partial charge in [-0.3, -0.25) is 24.8 Å². The van der Waals surface area contributed by atoms with Crippen molar-refractivity contribution in [2.45, 2.75) is 70.7 Å². The fraction of sp³-hybridized carbons (Fsp3) is 0.680. The molecule has 0 saturated carbocycles. The molecule has 3 fully saturated rings. The lowest BCUT2D eigenvalue weighted by Gasteiger charge is -2.44. The van der Waals surface area contributed by atoms with E-state index >= 15 is 4.39 Å². The number of anilines is 1. The lowest BCUT2D eigenvalue weighted by atomic mass is 9.93. The van der Waals surface area contributed by atoms with Crippen LogP contribution in [0.25, 0.3) is 0 Å². The van der Waals surface area contributed by atoms with Gasteiger partial charge in [0, 0.05) is 45.2 Å². The maximum absolute atomic E-state index is 15.3. The molecule has 4 heterocycles. The minimum absolute atomic E-state index is 0.178. The quantitative estimate of drug-likeness (QED) is 0.652. The van der Waals surface area contributed by atoms with Gasteiger partial charge in [-0.05, 0) is 52.7 Å². The number of aromatic nitrogens is 1. The van der Waals surface area contributed by atoms with E-state index in [9.17, 15) is 14.4 Å². The van der Waals surface area contributed by atoms with E-state index in [0.29, 0.717) is 57.7 Å². The summed E-state index contributed by atoms with van der Waals surface area (Å²) in [5.41, 5.74) is 1.74. The molecular formula is C25H36FN5O4. The molecule has 10 heteroatoms. The molecule has 1 unspecified atom stereocenters. The van der Waals surface area contributed by atoms with Crippen LogP contribution in [0.5, 0.6) is 0 Å². The average molecular weight is 490 g/mol. The SMILES string of the molecule is Cc1nc(C2CCC(=O)NC2=O)ccc1N1CC[C@H](N2CCN(C(=O)OC(C)(C)C)CC2)[C@H](F)C1. The van der Waals surface area contributed by atoms with Crippen molar-refractivity contribution in [1.29, 1.82) is 0 Å². The third-order valence-corrected chi connectivity index (χ3v) is 6.96. The summed E-state index contributed by atoms with van der Waals surface area (Å²) in [5.74, 6) is -0.987. The Hall–Kier alpha value is -2.75. The Morgan fingerprint density at radius 1 is 1.11 bits per heavy atom. The van der Waals surface area contributed by atoms with Crippen LogP contribution in [-0.2, 0) is 14.3 Å². The number of nitrogens with one attached hydrogen (secondary N) is 1. The smallest absolute Gasteiger partial charge is 0.410 e. The first-order valence-corrected chi connectivity index (χ1v) is 12.4. The molecule has 192 valence electrons. The molecule has 1 N–H and O–H groups in total. The third kappa shape index (κ3) is 5.91. The van der Waals surface area contributed by atoms with Gasteiger partial charge in [-0.1, -0.05) is 0 Å². The van der Waals surface area contributed by atoms with E-state index in [0.717, 1.165) is 11.4 Å². The second-order valence-electron chi connectivity index (χ2n) is 10.7. The van der Waals surface area contributed by atoms with Crippen LogP contribution in [0.4, 0.5) is 14.9 Å². The Morgan fingerprint density at radius 2 is 1.83 bits per heavy atom. The number of hydrogen-bond donors (Lipinski definition) is 1. The molecule has 0 radical (unpaired) electrons. The third-order valence-electron chi connectivity index (χ3n) is 6.96. The number of carbonyl (C=O) groups excluding carboxylic acids is 3. The molecule has 0 spiro atoms. The first-order chi connectivity index (χ1) is 16.5. The summed E-state index contributed by atoms with van der Waals surface area (Å²) >= 11 is 0. The van der Waals surface area contributed by atoms with Gasteiger partial charge < -0.3 is 14.5 Å². The minimum Gasteiger partial charge on any atom is -0.444 e. The molecule has 1 aromatic heterocycles. The topological polar surface area (TPSA) is 95.1 Å². The van der Waals surface area contributed by atoms with Gasteiger partial charge in [0.1, 0.15) is 11.8 Å².